The van der Waals surface area contributed by atoms with Gasteiger partial charge in [0.05, 0.1) is 23.8 Å². The van der Waals surface area contributed by atoms with Crippen molar-refractivity contribution in [2.45, 2.75) is 32.6 Å². The zero-order chi connectivity index (χ0) is 27.7. The van der Waals surface area contributed by atoms with Gasteiger partial charge in [-0.05, 0) is 61.4 Å². The molecule has 6 heterocycles. The largest absolute Gasteiger partial charge is 0.416 e. The molecule has 1 unspecified atom stereocenters. The van der Waals surface area contributed by atoms with Crippen molar-refractivity contribution in [3.8, 4) is 22.9 Å². The Kier molecular flexibility index (Phi) is 7.59. The van der Waals surface area contributed by atoms with Crippen LogP contribution in [0.2, 0.25) is 0 Å². The summed E-state index contributed by atoms with van der Waals surface area (Å²) in [5.41, 5.74) is 3.73. The number of aliphatic hydroxyl groups excluding tert-OH is 1. The van der Waals surface area contributed by atoms with Gasteiger partial charge in [0.2, 0.25) is 17.7 Å². The van der Waals surface area contributed by atoms with Crippen LogP contribution in [-0.2, 0) is 4.79 Å². The second-order valence-corrected chi connectivity index (χ2v) is 12.4. The Morgan fingerprint density at radius 3 is 2.77 bits per heavy atom. The summed E-state index contributed by atoms with van der Waals surface area (Å²) in [5.74, 6) is 2.55. The Morgan fingerprint density at radius 2 is 1.95 bits per heavy atom. The maximum Gasteiger partial charge on any atom is 0.250 e. The van der Waals surface area contributed by atoms with Crippen LogP contribution in [0, 0.1) is 11.3 Å². The van der Waals surface area contributed by atoms with Crippen molar-refractivity contribution in [3.05, 3.63) is 36.5 Å². The van der Waals surface area contributed by atoms with Gasteiger partial charge in [0.15, 0.2) is 0 Å². The second-order valence-electron chi connectivity index (χ2n) is 11.5. The van der Waals surface area contributed by atoms with E-state index in [-0.39, 0.29) is 23.8 Å². The topological polar surface area (TPSA) is 111 Å². The Labute approximate surface area is 239 Å². The summed E-state index contributed by atoms with van der Waals surface area (Å²) in [6.45, 7) is 6.44. The molecule has 10 nitrogen and oxygen atoms in total. The molecule has 0 radical (unpaired) electrons. The first-order chi connectivity index (χ1) is 19.4. The molecule has 0 saturated carbocycles. The minimum absolute atomic E-state index is 0.0386. The van der Waals surface area contributed by atoms with Gasteiger partial charge >= 0.3 is 0 Å². The van der Waals surface area contributed by atoms with E-state index in [0.29, 0.717) is 24.1 Å². The van der Waals surface area contributed by atoms with Crippen molar-refractivity contribution in [1.82, 2.24) is 20.1 Å². The smallest absolute Gasteiger partial charge is 0.250 e. The van der Waals surface area contributed by atoms with Gasteiger partial charge in [-0.15, -0.1) is 10.2 Å². The zero-order valence-electron chi connectivity index (χ0n) is 23.2. The molecule has 8 bridgehead atoms. The first-order valence-corrected chi connectivity index (χ1v) is 15.1. The number of anilines is 3. The van der Waals surface area contributed by atoms with Gasteiger partial charge in [-0.2, -0.15) is 0 Å². The number of hydrogen-bond acceptors (Lipinski definition) is 10. The molecule has 4 aliphatic heterocycles. The average Bonchev–Trinajstić information content (AvgIpc) is 3.47. The van der Waals surface area contributed by atoms with Crippen LogP contribution in [0.1, 0.15) is 32.6 Å². The molecule has 2 aromatic heterocycles. The van der Waals surface area contributed by atoms with Crippen molar-refractivity contribution in [1.29, 1.82) is 0 Å². The van der Waals surface area contributed by atoms with E-state index >= 15 is 0 Å². The van der Waals surface area contributed by atoms with Crippen LogP contribution < -0.4 is 14.5 Å². The highest BCUT2D eigenvalue weighted by Gasteiger charge is 2.36. The van der Waals surface area contributed by atoms with E-state index in [9.17, 15) is 9.90 Å². The van der Waals surface area contributed by atoms with Crippen LogP contribution >= 0.6 is 11.9 Å². The minimum atomic E-state index is -0.0386. The number of aliphatic hydroxyl groups is 1. The number of rotatable bonds is 4. The van der Waals surface area contributed by atoms with Gasteiger partial charge < -0.3 is 28.9 Å². The third kappa shape index (κ3) is 5.49. The summed E-state index contributed by atoms with van der Waals surface area (Å²) in [4.78, 5) is 24.8. The Morgan fingerprint density at radius 1 is 1.12 bits per heavy atom. The van der Waals surface area contributed by atoms with Gasteiger partial charge in [0.1, 0.15) is 5.82 Å². The number of carbonyl (C=O) groups excluding carboxylic acids is 1. The number of aromatic nitrogens is 3. The summed E-state index contributed by atoms with van der Waals surface area (Å²) in [5, 5.41) is 18.1. The fourth-order valence-corrected chi connectivity index (χ4v) is 6.67. The van der Waals surface area contributed by atoms with E-state index in [1.165, 1.54) is 11.9 Å². The lowest BCUT2D eigenvalue weighted by atomic mass is 9.79. The second kappa shape index (κ2) is 11.3. The van der Waals surface area contributed by atoms with Crippen LogP contribution in [0.25, 0.3) is 22.9 Å². The van der Waals surface area contributed by atoms with E-state index in [2.05, 4.69) is 42.7 Å². The van der Waals surface area contributed by atoms with Crippen molar-refractivity contribution in [2.75, 3.05) is 66.7 Å². The van der Waals surface area contributed by atoms with Crippen LogP contribution in [0.5, 0.6) is 0 Å². The van der Waals surface area contributed by atoms with E-state index in [0.717, 1.165) is 80.2 Å². The molecule has 2 fully saturated rings. The predicted octanol–water partition coefficient (Wildman–Crippen LogP) is 4.15. The van der Waals surface area contributed by atoms with Crippen molar-refractivity contribution in [3.63, 3.8) is 0 Å². The summed E-state index contributed by atoms with van der Waals surface area (Å²) in [6, 6.07) is 10.0. The quantitative estimate of drug-likeness (QED) is 0.355. The van der Waals surface area contributed by atoms with Crippen LogP contribution in [0.4, 0.5) is 17.2 Å². The predicted molar refractivity (Wildman–Crippen MR) is 158 cm³/mol. The highest BCUT2D eigenvalue weighted by Crippen LogP contribution is 2.40. The maximum absolute atomic E-state index is 13.6. The number of carbonyl (C=O) groups is 1. The molecule has 40 heavy (non-hydrogen) atoms. The third-order valence-electron chi connectivity index (χ3n) is 8.43. The molecule has 4 aliphatic rings. The highest BCUT2D eigenvalue weighted by molar-refractivity contribution is 8.00. The van der Waals surface area contributed by atoms with E-state index in [1.54, 1.807) is 6.20 Å². The van der Waals surface area contributed by atoms with Gasteiger partial charge in [0.25, 0.3) is 0 Å². The lowest BCUT2D eigenvalue weighted by Gasteiger charge is -2.43. The fourth-order valence-electron chi connectivity index (χ4n) is 6.19. The van der Waals surface area contributed by atoms with Gasteiger partial charge in [-0.3, -0.25) is 4.79 Å². The normalized spacial score (nSPS) is 23.0. The molecular formula is C29H37N7O3S. The maximum atomic E-state index is 13.6. The molecule has 7 rings (SSSR count). The standard InChI is InChI=1S/C29H37N7O3S/c1-29-8-12-35(13-9-29)24-17-22(33-40-15-14-37)5-6-23(24)27-32-31-26(39-27)20-7-10-30-25(16-20)36-11-3-4-21(18-36)28(38)34(2)19-29/h5-7,10,16-17,21,33,37H,3-4,8-9,11-15,18-19H2,1-2H3. The zero-order valence-corrected chi connectivity index (χ0v) is 24.0. The summed E-state index contributed by atoms with van der Waals surface area (Å²) < 4.78 is 9.61. The molecular weight excluding hydrogens is 526 g/mol. The Hall–Kier alpha value is -3.31. The molecule has 0 aliphatic carbocycles. The van der Waals surface area contributed by atoms with E-state index in [1.807, 2.05) is 36.2 Å². The molecule has 2 saturated heterocycles. The molecule has 212 valence electrons. The monoisotopic (exact) mass is 563 g/mol. The van der Waals surface area contributed by atoms with E-state index in [4.69, 9.17) is 4.42 Å². The molecule has 1 atom stereocenters. The lowest BCUT2D eigenvalue weighted by molar-refractivity contribution is -0.136. The van der Waals surface area contributed by atoms with Gasteiger partial charge in [0, 0.05) is 63.0 Å². The Bertz CT molecular complexity index is 1360. The summed E-state index contributed by atoms with van der Waals surface area (Å²) in [7, 11) is 1.97. The number of nitrogens with one attached hydrogen (secondary N) is 1. The summed E-state index contributed by atoms with van der Waals surface area (Å²) >= 11 is 1.47. The molecule has 11 heteroatoms. The van der Waals surface area contributed by atoms with Crippen molar-refractivity contribution < 1.29 is 14.3 Å². The number of nitrogens with zero attached hydrogens (tertiary/aromatic N) is 6. The Balaban J connectivity index is 1.40. The van der Waals surface area contributed by atoms with Crippen LogP contribution in [0.15, 0.2) is 40.9 Å². The third-order valence-corrected chi connectivity index (χ3v) is 9.20. The highest BCUT2D eigenvalue weighted by atomic mass is 32.2. The SMILES string of the molecule is CN1CC2(C)CCN(CC2)c2cc(NSCCO)ccc2-c2nnc(o2)-c2ccnc(c2)N2CCCC(C2)C1=O. The minimum Gasteiger partial charge on any atom is -0.416 e. The van der Waals surface area contributed by atoms with Gasteiger partial charge in [-0.25, -0.2) is 4.98 Å². The number of pyridine rings is 1. The van der Waals surface area contributed by atoms with Crippen LogP contribution in [0.3, 0.4) is 0 Å². The van der Waals surface area contributed by atoms with Crippen molar-refractivity contribution in [2.24, 2.45) is 11.3 Å². The van der Waals surface area contributed by atoms with Crippen molar-refractivity contribution >= 4 is 35.0 Å². The first kappa shape index (κ1) is 26.9. The summed E-state index contributed by atoms with van der Waals surface area (Å²) in [6.07, 6.45) is 5.58. The molecule has 2 N–H and O–H groups in total. The molecule has 1 aromatic carbocycles. The number of fused-ring (bicyclic) bond motifs is 4. The average molecular weight is 564 g/mol. The molecule has 1 amide bonds. The van der Waals surface area contributed by atoms with Crippen LogP contribution in [-0.4, -0.2) is 83.2 Å². The van der Waals surface area contributed by atoms with Gasteiger partial charge in [-0.1, -0.05) is 18.9 Å². The molecule has 0 spiro atoms. The van der Waals surface area contributed by atoms with E-state index < -0.39 is 0 Å². The number of hydrogen-bond donors (Lipinski definition) is 2. The molecule has 3 aromatic rings. The first-order valence-electron chi connectivity index (χ1n) is 14.1. The number of piperidine rings is 2. The number of amides is 1. The number of benzene rings is 1. The lowest BCUT2D eigenvalue weighted by Crippen LogP contribution is -2.49. The fraction of sp³-hybridized carbons (Fsp3) is 0.517.